The molecule has 9 heteroatoms. The summed E-state index contributed by atoms with van der Waals surface area (Å²) in [7, 11) is 0. The van der Waals surface area contributed by atoms with Crippen LogP contribution in [0.1, 0.15) is 11.4 Å². The molecule has 0 spiro atoms. The van der Waals surface area contributed by atoms with Gasteiger partial charge in [0.1, 0.15) is 11.5 Å². The van der Waals surface area contributed by atoms with Crippen molar-refractivity contribution < 1.29 is 9.72 Å². The van der Waals surface area contributed by atoms with Crippen LogP contribution >= 0.6 is 11.8 Å². The van der Waals surface area contributed by atoms with E-state index < -0.39 is 4.92 Å². The van der Waals surface area contributed by atoms with E-state index in [2.05, 4.69) is 20.5 Å². The first kappa shape index (κ1) is 15.0. The Kier molecular flexibility index (Phi) is 4.53. The molecular formula is C12H13N5O3S. The van der Waals surface area contributed by atoms with Crippen molar-refractivity contribution in [2.75, 3.05) is 11.1 Å². The van der Waals surface area contributed by atoms with E-state index in [1.807, 2.05) is 0 Å². The van der Waals surface area contributed by atoms with Crippen molar-refractivity contribution >= 4 is 29.0 Å². The van der Waals surface area contributed by atoms with Crippen LogP contribution in [0, 0.1) is 24.0 Å². The third-order valence-corrected chi connectivity index (χ3v) is 3.38. The quantitative estimate of drug-likeness (QED) is 0.496. The fraction of sp³-hybridized carbons (Fsp3) is 0.250. The summed E-state index contributed by atoms with van der Waals surface area (Å²) in [5, 5.41) is 20.5. The molecule has 0 aliphatic rings. The molecule has 2 rings (SSSR count). The molecule has 8 nitrogen and oxygen atoms in total. The minimum atomic E-state index is -0.519. The number of nitro benzene ring substituents is 1. The number of hydrogen-bond donors (Lipinski definition) is 2. The molecule has 2 N–H and O–H groups in total. The molecule has 0 atom stereocenters. The second-order valence-electron chi connectivity index (χ2n) is 4.32. The summed E-state index contributed by atoms with van der Waals surface area (Å²) < 4.78 is 0. The van der Waals surface area contributed by atoms with Gasteiger partial charge in [0.15, 0.2) is 0 Å². The average Bonchev–Trinajstić information content (AvgIpc) is 2.84. The third-order valence-electron chi connectivity index (χ3n) is 2.53. The Bertz CT molecular complexity index is 685. The topological polar surface area (TPSA) is 114 Å². The summed E-state index contributed by atoms with van der Waals surface area (Å²) in [4.78, 5) is 26.3. The summed E-state index contributed by atoms with van der Waals surface area (Å²) in [6.07, 6.45) is 0. The van der Waals surface area contributed by atoms with Gasteiger partial charge in [0, 0.05) is 6.07 Å². The molecule has 21 heavy (non-hydrogen) atoms. The number of carbonyl (C=O) groups excluding carboxylic acids is 1. The van der Waals surface area contributed by atoms with Crippen molar-refractivity contribution in [2.45, 2.75) is 19.0 Å². The minimum Gasteiger partial charge on any atom is -0.320 e. The number of benzene rings is 1. The number of H-pyrrole nitrogens is 1. The van der Waals surface area contributed by atoms with Gasteiger partial charge in [0.05, 0.1) is 10.7 Å². The van der Waals surface area contributed by atoms with E-state index in [4.69, 9.17) is 0 Å². The molecule has 2 aromatic rings. The fourth-order valence-electron chi connectivity index (χ4n) is 1.60. The maximum Gasteiger partial charge on any atom is 0.293 e. The number of carbonyl (C=O) groups is 1. The second kappa shape index (κ2) is 6.35. The van der Waals surface area contributed by atoms with Gasteiger partial charge in [-0.1, -0.05) is 17.8 Å². The van der Waals surface area contributed by atoms with Crippen molar-refractivity contribution in [2.24, 2.45) is 0 Å². The molecule has 1 heterocycles. The molecule has 0 bridgehead atoms. The zero-order valence-electron chi connectivity index (χ0n) is 11.4. The van der Waals surface area contributed by atoms with Crippen LogP contribution in [0.4, 0.5) is 11.4 Å². The molecule has 0 saturated heterocycles. The zero-order chi connectivity index (χ0) is 15.4. The molecule has 0 saturated carbocycles. The molecule has 0 aliphatic carbocycles. The van der Waals surface area contributed by atoms with E-state index in [1.165, 1.54) is 12.1 Å². The van der Waals surface area contributed by atoms with Crippen molar-refractivity contribution in [1.29, 1.82) is 0 Å². The van der Waals surface area contributed by atoms with Crippen molar-refractivity contribution in [1.82, 2.24) is 15.2 Å². The van der Waals surface area contributed by atoms with E-state index in [1.54, 1.807) is 19.9 Å². The average molecular weight is 307 g/mol. The number of nitrogens with one attached hydrogen (secondary N) is 2. The Labute approximate surface area is 124 Å². The third kappa shape index (κ3) is 4.02. The molecule has 0 unspecified atom stereocenters. The lowest BCUT2D eigenvalue weighted by Crippen LogP contribution is -2.15. The largest absolute Gasteiger partial charge is 0.320 e. The number of aromatic nitrogens is 3. The summed E-state index contributed by atoms with van der Waals surface area (Å²) in [6.45, 7) is 3.51. The zero-order valence-corrected chi connectivity index (χ0v) is 12.2. The maximum absolute atomic E-state index is 11.8. The van der Waals surface area contributed by atoms with Crippen LogP contribution in [0.25, 0.3) is 0 Å². The van der Waals surface area contributed by atoms with E-state index in [0.29, 0.717) is 11.0 Å². The highest BCUT2D eigenvalue weighted by atomic mass is 32.2. The Balaban J connectivity index is 2.01. The Morgan fingerprint density at radius 2 is 2.24 bits per heavy atom. The number of thioether (sulfide) groups is 1. The number of rotatable bonds is 5. The number of amides is 1. The highest BCUT2D eigenvalue weighted by Gasteiger charge is 2.16. The second-order valence-corrected chi connectivity index (χ2v) is 5.26. The highest BCUT2D eigenvalue weighted by Crippen LogP contribution is 2.25. The van der Waals surface area contributed by atoms with Crippen LogP contribution in [-0.4, -0.2) is 31.8 Å². The number of hydrogen-bond acceptors (Lipinski definition) is 6. The lowest BCUT2D eigenvalue weighted by molar-refractivity contribution is -0.384. The number of nitrogens with zero attached hydrogens (tertiary/aromatic N) is 3. The van der Waals surface area contributed by atoms with Gasteiger partial charge in [-0.05, 0) is 25.5 Å². The van der Waals surface area contributed by atoms with Gasteiger partial charge in [0.25, 0.3) is 5.69 Å². The first-order valence-electron chi connectivity index (χ1n) is 6.02. The first-order chi connectivity index (χ1) is 9.95. The van der Waals surface area contributed by atoms with E-state index in [9.17, 15) is 14.9 Å². The van der Waals surface area contributed by atoms with Crippen molar-refractivity contribution in [3.63, 3.8) is 0 Å². The molecule has 1 aromatic carbocycles. The number of anilines is 1. The van der Waals surface area contributed by atoms with Gasteiger partial charge in [-0.15, -0.1) is 5.10 Å². The van der Waals surface area contributed by atoms with Crippen molar-refractivity contribution in [3.8, 4) is 0 Å². The molecule has 1 amide bonds. The van der Waals surface area contributed by atoms with Gasteiger partial charge in [-0.2, -0.15) is 0 Å². The first-order valence-corrected chi connectivity index (χ1v) is 7.01. The van der Waals surface area contributed by atoms with Gasteiger partial charge in [-0.25, -0.2) is 4.98 Å². The van der Waals surface area contributed by atoms with E-state index in [0.717, 1.165) is 17.3 Å². The smallest absolute Gasteiger partial charge is 0.293 e. The van der Waals surface area contributed by atoms with Crippen molar-refractivity contribution in [3.05, 3.63) is 39.7 Å². The predicted octanol–water partition coefficient (Wildman–Crippen LogP) is 2.06. The van der Waals surface area contributed by atoms with Gasteiger partial charge in [0.2, 0.25) is 11.1 Å². The summed E-state index contributed by atoms with van der Waals surface area (Å²) in [6, 6.07) is 4.64. The molecule has 110 valence electrons. The van der Waals surface area contributed by atoms with Crippen LogP contribution in [-0.2, 0) is 4.79 Å². The molecule has 0 radical (unpaired) electrons. The van der Waals surface area contributed by atoms with Crippen LogP contribution in [0.5, 0.6) is 0 Å². The van der Waals surface area contributed by atoms with E-state index >= 15 is 0 Å². The maximum atomic E-state index is 11.8. The van der Waals surface area contributed by atoms with Crippen LogP contribution in [0.2, 0.25) is 0 Å². The Hall–Kier alpha value is -2.42. The lowest BCUT2D eigenvalue weighted by Gasteiger charge is -2.05. The van der Waals surface area contributed by atoms with Crippen LogP contribution in [0.3, 0.4) is 0 Å². The van der Waals surface area contributed by atoms with Gasteiger partial charge < -0.3 is 5.32 Å². The monoisotopic (exact) mass is 307 g/mol. The Morgan fingerprint density at radius 3 is 2.86 bits per heavy atom. The van der Waals surface area contributed by atoms with Gasteiger partial charge in [-0.3, -0.25) is 20.0 Å². The van der Waals surface area contributed by atoms with E-state index in [-0.39, 0.29) is 23.0 Å². The van der Waals surface area contributed by atoms with Crippen LogP contribution in [0.15, 0.2) is 23.4 Å². The Morgan fingerprint density at radius 1 is 1.48 bits per heavy atom. The molecule has 1 aromatic heterocycles. The summed E-state index contributed by atoms with van der Waals surface area (Å²) in [5.74, 6) is 0.379. The SMILES string of the molecule is Cc1ccc(NC(=O)CSc2n[nH]c(C)n2)c([N+](=O)[O-])c1. The molecule has 0 aliphatic heterocycles. The van der Waals surface area contributed by atoms with Crippen LogP contribution < -0.4 is 5.32 Å². The normalized spacial score (nSPS) is 10.4. The number of nitro groups is 1. The number of aryl methyl sites for hydroxylation is 2. The minimum absolute atomic E-state index is 0.0718. The van der Waals surface area contributed by atoms with Gasteiger partial charge >= 0.3 is 0 Å². The highest BCUT2D eigenvalue weighted by molar-refractivity contribution is 7.99. The summed E-state index contributed by atoms with van der Waals surface area (Å²) >= 11 is 1.15. The lowest BCUT2D eigenvalue weighted by atomic mass is 10.2. The predicted molar refractivity (Wildman–Crippen MR) is 78.3 cm³/mol. The number of aromatic amines is 1. The molecule has 0 fully saturated rings. The standard InChI is InChI=1S/C12H13N5O3S/c1-7-3-4-9(10(5-7)17(19)20)14-11(18)6-21-12-13-8(2)15-16-12/h3-5H,6H2,1-2H3,(H,14,18)(H,13,15,16). The molecular weight excluding hydrogens is 294 g/mol. The fourth-order valence-corrected chi connectivity index (χ4v) is 2.25. The summed E-state index contributed by atoms with van der Waals surface area (Å²) in [5.41, 5.74) is 0.815.